The number of carbonyl (C=O) groups is 2. The molecule has 0 saturated carbocycles. The minimum atomic E-state index is -0.839. The van der Waals surface area contributed by atoms with Gasteiger partial charge in [-0.05, 0) is 18.6 Å². The highest BCUT2D eigenvalue weighted by atomic mass is 16.5. The van der Waals surface area contributed by atoms with Gasteiger partial charge in [0, 0.05) is 13.0 Å². The average Bonchev–Trinajstić information content (AvgIpc) is 2.50. The van der Waals surface area contributed by atoms with Crippen molar-refractivity contribution in [3.8, 4) is 5.75 Å². The van der Waals surface area contributed by atoms with Crippen LogP contribution in [0.1, 0.15) is 23.2 Å². The fourth-order valence-electron chi connectivity index (χ4n) is 1.94. The summed E-state index contributed by atoms with van der Waals surface area (Å²) in [5.41, 5.74) is 0.547. The number of carbonyl (C=O) groups excluding carboxylic acids is 1. The second-order valence-corrected chi connectivity index (χ2v) is 4.13. The van der Waals surface area contributed by atoms with Crippen molar-refractivity contribution in [3.05, 3.63) is 29.8 Å². The molecule has 0 bridgehead atoms. The zero-order chi connectivity index (χ0) is 13.0. The quantitative estimate of drug-likeness (QED) is 0.875. The van der Waals surface area contributed by atoms with Crippen LogP contribution in [0.4, 0.5) is 0 Å². The summed E-state index contributed by atoms with van der Waals surface area (Å²) in [6.45, 7) is 1.38. The third-order valence-electron chi connectivity index (χ3n) is 2.84. The van der Waals surface area contributed by atoms with Gasteiger partial charge in [0.2, 0.25) is 0 Å². The highest BCUT2D eigenvalue weighted by Gasteiger charge is 2.22. The van der Waals surface area contributed by atoms with Crippen molar-refractivity contribution in [2.75, 3.05) is 19.7 Å². The van der Waals surface area contributed by atoms with Gasteiger partial charge in [0.15, 0.2) is 0 Å². The lowest BCUT2D eigenvalue weighted by atomic mass is 10.1. The van der Waals surface area contributed by atoms with Gasteiger partial charge in [-0.25, -0.2) is 0 Å². The van der Waals surface area contributed by atoms with Crippen molar-refractivity contribution >= 4 is 11.9 Å². The molecule has 5 heteroatoms. The van der Waals surface area contributed by atoms with E-state index in [1.165, 1.54) is 0 Å². The average molecular weight is 249 g/mol. The number of para-hydroxylation sites is 1. The lowest BCUT2D eigenvalue weighted by Gasteiger charge is -2.19. The van der Waals surface area contributed by atoms with Crippen LogP contribution in [0.15, 0.2) is 24.3 Å². The molecule has 1 aromatic carbocycles. The summed E-state index contributed by atoms with van der Waals surface area (Å²) in [6.07, 6.45) is 0.537. The van der Waals surface area contributed by atoms with Gasteiger partial charge in [-0.3, -0.25) is 9.59 Å². The van der Waals surface area contributed by atoms with Gasteiger partial charge in [-0.15, -0.1) is 0 Å². The standard InChI is InChI=1S/C13H15NO4/c15-12(16)6-3-7-14-8-9-18-11-5-2-1-4-10(11)13(14)17/h1-2,4-5H,3,6-9H2,(H,15,16). The van der Waals surface area contributed by atoms with Crippen LogP contribution in [0.25, 0.3) is 0 Å². The highest BCUT2D eigenvalue weighted by molar-refractivity contribution is 5.97. The maximum atomic E-state index is 12.2. The molecule has 0 aromatic heterocycles. The van der Waals surface area contributed by atoms with Crippen LogP contribution in [0.2, 0.25) is 0 Å². The van der Waals surface area contributed by atoms with E-state index in [9.17, 15) is 9.59 Å². The number of rotatable bonds is 4. The zero-order valence-corrected chi connectivity index (χ0v) is 9.96. The number of ether oxygens (including phenoxy) is 1. The number of aliphatic carboxylic acids is 1. The van der Waals surface area contributed by atoms with Crippen molar-refractivity contribution in [2.45, 2.75) is 12.8 Å². The Kier molecular flexibility index (Phi) is 3.82. The smallest absolute Gasteiger partial charge is 0.303 e. The molecule has 0 fully saturated rings. The molecule has 0 unspecified atom stereocenters. The Labute approximate surface area is 105 Å². The van der Waals surface area contributed by atoms with E-state index in [1.54, 1.807) is 23.1 Å². The summed E-state index contributed by atoms with van der Waals surface area (Å²) >= 11 is 0. The van der Waals surface area contributed by atoms with Gasteiger partial charge in [-0.2, -0.15) is 0 Å². The van der Waals surface area contributed by atoms with Gasteiger partial charge in [0.1, 0.15) is 12.4 Å². The van der Waals surface area contributed by atoms with Crippen LogP contribution in [-0.2, 0) is 4.79 Å². The molecule has 0 radical (unpaired) electrons. The molecule has 0 atom stereocenters. The van der Waals surface area contributed by atoms with E-state index in [0.717, 1.165) is 0 Å². The molecule has 0 spiro atoms. The van der Waals surface area contributed by atoms with E-state index >= 15 is 0 Å². The maximum absolute atomic E-state index is 12.2. The lowest BCUT2D eigenvalue weighted by molar-refractivity contribution is -0.137. The van der Waals surface area contributed by atoms with Gasteiger partial charge in [0.25, 0.3) is 5.91 Å². The third-order valence-corrected chi connectivity index (χ3v) is 2.84. The summed E-state index contributed by atoms with van der Waals surface area (Å²) in [5, 5.41) is 8.59. The van der Waals surface area contributed by atoms with Crippen LogP contribution < -0.4 is 4.74 Å². The minimum absolute atomic E-state index is 0.0757. The summed E-state index contributed by atoms with van der Waals surface area (Å²) < 4.78 is 5.50. The number of carboxylic acids is 1. The highest BCUT2D eigenvalue weighted by Crippen LogP contribution is 2.22. The van der Waals surface area contributed by atoms with Gasteiger partial charge in [-0.1, -0.05) is 12.1 Å². The second kappa shape index (κ2) is 5.53. The van der Waals surface area contributed by atoms with Crippen LogP contribution in [-0.4, -0.2) is 41.6 Å². The van der Waals surface area contributed by atoms with Crippen LogP contribution in [0.5, 0.6) is 5.75 Å². The molecule has 1 amide bonds. The predicted molar refractivity (Wildman–Crippen MR) is 64.7 cm³/mol. The molecule has 0 saturated heterocycles. The second-order valence-electron chi connectivity index (χ2n) is 4.13. The van der Waals surface area contributed by atoms with Crippen LogP contribution in [0, 0.1) is 0 Å². The first-order chi connectivity index (χ1) is 8.68. The topological polar surface area (TPSA) is 66.8 Å². The Balaban J connectivity index is 2.06. The van der Waals surface area contributed by atoms with Gasteiger partial charge < -0.3 is 14.7 Å². The fraction of sp³-hybridized carbons (Fsp3) is 0.385. The normalized spacial score (nSPS) is 14.7. The lowest BCUT2D eigenvalue weighted by Crippen LogP contribution is -2.33. The van der Waals surface area contributed by atoms with E-state index in [1.807, 2.05) is 6.07 Å². The van der Waals surface area contributed by atoms with Crippen molar-refractivity contribution < 1.29 is 19.4 Å². The van der Waals surface area contributed by atoms with E-state index in [4.69, 9.17) is 9.84 Å². The zero-order valence-electron chi connectivity index (χ0n) is 9.96. The molecule has 96 valence electrons. The van der Waals surface area contributed by atoms with E-state index in [2.05, 4.69) is 0 Å². The molecular formula is C13H15NO4. The van der Waals surface area contributed by atoms with E-state index in [-0.39, 0.29) is 12.3 Å². The summed E-state index contributed by atoms with van der Waals surface area (Å²) in [6, 6.07) is 7.12. The number of fused-ring (bicyclic) bond motifs is 1. The maximum Gasteiger partial charge on any atom is 0.303 e. The minimum Gasteiger partial charge on any atom is -0.491 e. The van der Waals surface area contributed by atoms with Crippen molar-refractivity contribution in [1.29, 1.82) is 0 Å². The monoisotopic (exact) mass is 249 g/mol. The van der Waals surface area contributed by atoms with Crippen molar-refractivity contribution in [2.24, 2.45) is 0 Å². The van der Waals surface area contributed by atoms with Crippen LogP contribution in [0.3, 0.4) is 0 Å². The summed E-state index contributed by atoms with van der Waals surface area (Å²) in [5.74, 6) is -0.328. The molecule has 1 aliphatic rings. The van der Waals surface area contributed by atoms with Gasteiger partial charge in [0.05, 0.1) is 12.1 Å². The number of amides is 1. The van der Waals surface area contributed by atoms with E-state index < -0.39 is 5.97 Å². The Morgan fingerprint density at radius 3 is 2.94 bits per heavy atom. The third kappa shape index (κ3) is 2.80. The number of carboxylic acid groups (broad SMARTS) is 1. The summed E-state index contributed by atoms with van der Waals surface area (Å²) in [4.78, 5) is 24.3. The van der Waals surface area contributed by atoms with Crippen molar-refractivity contribution in [1.82, 2.24) is 4.90 Å². The molecule has 1 aromatic rings. The van der Waals surface area contributed by atoms with Gasteiger partial charge >= 0.3 is 5.97 Å². The SMILES string of the molecule is O=C(O)CCCN1CCOc2ccccc2C1=O. The number of benzene rings is 1. The molecule has 5 nitrogen and oxygen atoms in total. The first-order valence-corrected chi connectivity index (χ1v) is 5.91. The summed E-state index contributed by atoms with van der Waals surface area (Å²) in [7, 11) is 0. The van der Waals surface area contributed by atoms with Crippen molar-refractivity contribution in [3.63, 3.8) is 0 Å². The molecule has 1 heterocycles. The first-order valence-electron chi connectivity index (χ1n) is 5.91. The first kappa shape index (κ1) is 12.4. The molecule has 0 aliphatic carbocycles. The Morgan fingerprint density at radius 2 is 2.17 bits per heavy atom. The Morgan fingerprint density at radius 1 is 1.39 bits per heavy atom. The largest absolute Gasteiger partial charge is 0.491 e. The number of nitrogens with zero attached hydrogens (tertiary/aromatic N) is 1. The number of hydrogen-bond donors (Lipinski definition) is 1. The molecular weight excluding hydrogens is 234 g/mol. The Hall–Kier alpha value is -2.04. The molecule has 1 N–H and O–H groups in total. The van der Waals surface area contributed by atoms with Crippen LogP contribution >= 0.6 is 0 Å². The predicted octanol–water partition coefficient (Wildman–Crippen LogP) is 1.39. The molecule has 1 aliphatic heterocycles. The molecule has 2 rings (SSSR count). The number of hydrogen-bond acceptors (Lipinski definition) is 3. The van der Waals surface area contributed by atoms with E-state index in [0.29, 0.717) is 37.4 Å². The molecule has 18 heavy (non-hydrogen) atoms. The Bertz CT molecular complexity index is 458. The fourth-order valence-corrected chi connectivity index (χ4v) is 1.94.